The summed E-state index contributed by atoms with van der Waals surface area (Å²) in [5.74, 6) is 0.344. The van der Waals surface area contributed by atoms with Gasteiger partial charge in [0.05, 0.1) is 7.11 Å². The molecule has 2 aromatic heterocycles. The highest BCUT2D eigenvalue weighted by Gasteiger charge is 2.20. The lowest BCUT2D eigenvalue weighted by molar-refractivity contribution is 0.0598. The number of ether oxygens (including phenoxy) is 1. The van der Waals surface area contributed by atoms with Crippen molar-refractivity contribution in [2.75, 3.05) is 13.7 Å². The van der Waals surface area contributed by atoms with Gasteiger partial charge in [-0.25, -0.2) is 4.79 Å². The third-order valence-corrected chi connectivity index (χ3v) is 3.26. The number of aromatic amines is 1. The number of aryl methyl sites for hydroxylation is 2. The fourth-order valence-electron chi connectivity index (χ4n) is 2.07. The largest absolute Gasteiger partial charge is 0.465 e. The van der Waals surface area contributed by atoms with E-state index in [1.54, 1.807) is 0 Å². The highest BCUT2D eigenvalue weighted by atomic mass is 16.5. The number of nitrogens with one attached hydrogen (secondary N) is 2. The summed E-state index contributed by atoms with van der Waals surface area (Å²) in [6.07, 6.45) is 2.79. The van der Waals surface area contributed by atoms with Gasteiger partial charge in [-0.2, -0.15) is 5.21 Å². The van der Waals surface area contributed by atoms with Crippen molar-refractivity contribution in [2.45, 2.75) is 32.6 Å². The Morgan fingerprint density at radius 2 is 2.22 bits per heavy atom. The Kier molecular flexibility index (Phi) is 5.84. The van der Waals surface area contributed by atoms with Crippen LogP contribution in [0.2, 0.25) is 0 Å². The topological polar surface area (TPSA) is 123 Å². The van der Waals surface area contributed by atoms with Crippen LogP contribution in [0, 0.1) is 0 Å². The van der Waals surface area contributed by atoms with Crippen LogP contribution < -0.4 is 5.32 Å². The summed E-state index contributed by atoms with van der Waals surface area (Å²) in [4.78, 5) is 23.6. The first-order valence-electron chi connectivity index (χ1n) is 7.37. The Hall–Kier alpha value is -2.71. The van der Waals surface area contributed by atoms with Crippen LogP contribution in [-0.2, 0) is 17.6 Å². The summed E-state index contributed by atoms with van der Waals surface area (Å²) in [6, 6.07) is 1.42. The first kappa shape index (κ1) is 16.7. The minimum absolute atomic E-state index is 0.111. The van der Waals surface area contributed by atoms with Crippen LogP contribution in [0.15, 0.2) is 10.5 Å². The van der Waals surface area contributed by atoms with Crippen molar-refractivity contribution in [3.05, 3.63) is 29.0 Å². The predicted molar refractivity (Wildman–Crippen MR) is 78.9 cm³/mol. The summed E-state index contributed by atoms with van der Waals surface area (Å²) in [7, 11) is 1.29. The van der Waals surface area contributed by atoms with Crippen LogP contribution >= 0.6 is 0 Å². The van der Waals surface area contributed by atoms with E-state index in [0.29, 0.717) is 31.0 Å². The summed E-state index contributed by atoms with van der Waals surface area (Å²) in [6.45, 7) is 2.33. The number of methoxy groups -OCH3 is 1. The fraction of sp³-hybridized carbons (Fsp3) is 0.500. The number of carbonyl (C=O) groups excluding carboxylic acids is 2. The lowest BCUT2D eigenvalue weighted by atomic mass is 10.2. The van der Waals surface area contributed by atoms with Gasteiger partial charge in [-0.05, 0) is 12.8 Å². The summed E-state index contributed by atoms with van der Waals surface area (Å²) < 4.78 is 10.1. The van der Waals surface area contributed by atoms with Crippen molar-refractivity contribution < 1.29 is 18.7 Å². The Bertz CT molecular complexity index is 650. The molecule has 2 heterocycles. The van der Waals surface area contributed by atoms with Crippen molar-refractivity contribution in [1.82, 2.24) is 25.9 Å². The van der Waals surface area contributed by atoms with Crippen molar-refractivity contribution in [3.8, 4) is 0 Å². The van der Waals surface area contributed by atoms with E-state index in [2.05, 4.69) is 30.7 Å². The molecule has 0 unspecified atom stereocenters. The standard InChI is InChI=1S/C14H19N5O4/c1-3-10-9(14(21)22-2)8-11(23-10)13(20)15-7-5-4-6-12-16-18-19-17-12/h8H,3-7H2,1-2H3,(H,15,20)(H,16,17,18,19). The molecule has 0 saturated heterocycles. The van der Waals surface area contributed by atoms with E-state index in [1.807, 2.05) is 6.92 Å². The number of H-pyrrole nitrogens is 1. The molecule has 124 valence electrons. The molecular weight excluding hydrogens is 302 g/mol. The van der Waals surface area contributed by atoms with Crippen LogP contribution in [0.4, 0.5) is 0 Å². The van der Waals surface area contributed by atoms with E-state index in [0.717, 1.165) is 12.8 Å². The van der Waals surface area contributed by atoms with Gasteiger partial charge < -0.3 is 14.5 Å². The third kappa shape index (κ3) is 4.38. The molecule has 9 nitrogen and oxygen atoms in total. The molecule has 0 atom stereocenters. The van der Waals surface area contributed by atoms with Crippen LogP contribution in [0.5, 0.6) is 0 Å². The lowest BCUT2D eigenvalue weighted by Gasteiger charge is -2.02. The van der Waals surface area contributed by atoms with E-state index in [9.17, 15) is 9.59 Å². The molecule has 0 saturated carbocycles. The molecule has 0 aliphatic carbocycles. The number of furan rings is 1. The van der Waals surface area contributed by atoms with E-state index in [1.165, 1.54) is 13.2 Å². The smallest absolute Gasteiger partial charge is 0.341 e. The minimum Gasteiger partial charge on any atom is -0.465 e. The first-order chi connectivity index (χ1) is 11.2. The van der Waals surface area contributed by atoms with Gasteiger partial charge in [0, 0.05) is 25.5 Å². The zero-order chi connectivity index (χ0) is 16.7. The molecule has 0 aliphatic rings. The number of hydrogen-bond acceptors (Lipinski definition) is 7. The quantitative estimate of drug-likeness (QED) is 0.546. The maximum atomic E-state index is 12.0. The molecule has 1 amide bonds. The van der Waals surface area contributed by atoms with Crippen molar-refractivity contribution in [3.63, 3.8) is 0 Å². The van der Waals surface area contributed by atoms with Crippen LogP contribution in [0.1, 0.15) is 52.3 Å². The highest BCUT2D eigenvalue weighted by molar-refractivity contribution is 5.96. The Balaban J connectivity index is 1.81. The zero-order valence-corrected chi connectivity index (χ0v) is 13.1. The Labute approximate surface area is 132 Å². The SMILES string of the molecule is CCc1oc(C(=O)NCCCCc2nn[nH]n2)cc1C(=O)OC. The molecule has 2 aromatic rings. The number of amides is 1. The molecule has 23 heavy (non-hydrogen) atoms. The van der Waals surface area contributed by atoms with Crippen LogP contribution in [-0.4, -0.2) is 46.2 Å². The summed E-state index contributed by atoms with van der Waals surface area (Å²) in [5, 5.41) is 16.3. The molecular formula is C14H19N5O4. The van der Waals surface area contributed by atoms with Crippen molar-refractivity contribution in [2.24, 2.45) is 0 Å². The second kappa shape index (κ2) is 8.06. The second-order valence-electron chi connectivity index (χ2n) is 4.83. The van der Waals surface area contributed by atoms with E-state index in [4.69, 9.17) is 4.42 Å². The average Bonchev–Trinajstić information content (AvgIpc) is 3.22. The van der Waals surface area contributed by atoms with Gasteiger partial charge >= 0.3 is 5.97 Å². The average molecular weight is 321 g/mol. The number of rotatable bonds is 8. The Morgan fingerprint density at radius 3 is 2.87 bits per heavy atom. The van der Waals surface area contributed by atoms with E-state index >= 15 is 0 Å². The molecule has 2 rings (SSSR count). The molecule has 0 fully saturated rings. The van der Waals surface area contributed by atoms with Gasteiger partial charge in [0.25, 0.3) is 5.91 Å². The number of carbonyl (C=O) groups is 2. The summed E-state index contributed by atoms with van der Waals surface area (Å²) >= 11 is 0. The van der Waals surface area contributed by atoms with Crippen LogP contribution in [0.25, 0.3) is 0 Å². The number of aromatic nitrogens is 4. The Morgan fingerprint density at radius 1 is 1.39 bits per heavy atom. The molecule has 0 radical (unpaired) electrons. The minimum atomic E-state index is -0.509. The number of tetrazole rings is 1. The molecule has 2 N–H and O–H groups in total. The maximum absolute atomic E-state index is 12.0. The molecule has 0 spiro atoms. The van der Waals surface area contributed by atoms with Crippen LogP contribution in [0.3, 0.4) is 0 Å². The number of hydrogen-bond donors (Lipinski definition) is 2. The van der Waals surface area contributed by atoms with Gasteiger partial charge in [0.1, 0.15) is 11.3 Å². The second-order valence-corrected chi connectivity index (χ2v) is 4.83. The first-order valence-corrected chi connectivity index (χ1v) is 7.37. The molecule has 0 aliphatic heterocycles. The summed E-state index contributed by atoms with van der Waals surface area (Å²) in [5.41, 5.74) is 0.289. The maximum Gasteiger partial charge on any atom is 0.341 e. The zero-order valence-electron chi connectivity index (χ0n) is 13.1. The number of nitrogens with zero attached hydrogens (tertiary/aromatic N) is 3. The highest BCUT2D eigenvalue weighted by Crippen LogP contribution is 2.17. The van der Waals surface area contributed by atoms with Gasteiger partial charge in [0.15, 0.2) is 11.6 Å². The van der Waals surface area contributed by atoms with Crippen molar-refractivity contribution in [1.29, 1.82) is 0 Å². The molecule has 9 heteroatoms. The number of esters is 1. The molecule has 0 bridgehead atoms. The predicted octanol–water partition coefficient (Wildman–Crippen LogP) is 0.894. The third-order valence-electron chi connectivity index (χ3n) is 3.26. The number of unbranched alkanes of at least 4 members (excludes halogenated alkanes) is 1. The van der Waals surface area contributed by atoms with E-state index < -0.39 is 5.97 Å². The van der Waals surface area contributed by atoms with E-state index in [-0.39, 0.29) is 17.2 Å². The fourth-order valence-corrected chi connectivity index (χ4v) is 2.07. The normalized spacial score (nSPS) is 10.5. The monoisotopic (exact) mass is 321 g/mol. The van der Waals surface area contributed by atoms with Crippen molar-refractivity contribution >= 4 is 11.9 Å². The van der Waals surface area contributed by atoms with Gasteiger partial charge in [0.2, 0.25) is 0 Å². The lowest BCUT2D eigenvalue weighted by Crippen LogP contribution is -2.24. The van der Waals surface area contributed by atoms with Gasteiger partial charge in [-0.3, -0.25) is 4.79 Å². The molecule has 0 aromatic carbocycles. The van der Waals surface area contributed by atoms with Gasteiger partial charge in [-0.1, -0.05) is 12.1 Å². The van der Waals surface area contributed by atoms with Gasteiger partial charge in [-0.15, -0.1) is 10.2 Å².